The van der Waals surface area contributed by atoms with Crippen molar-refractivity contribution in [1.82, 2.24) is 4.90 Å². The van der Waals surface area contributed by atoms with Gasteiger partial charge in [0.15, 0.2) is 0 Å². The van der Waals surface area contributed by atoms with Crippen LogP contribution >= 0.6 is 0 Å². The van der Waals surface area contributed by atoms with Crippen LogP contribution in [-0.2, 0) is 9.53 Å². The molecule has 1 N–H and O–H groups in total. The van der Waals surface area contributed by atoms with E-state index in [1.165, 1.54) is 12.1 Å². The SMILES string of the molecule is O=C(O)C1CCCN(CCOC(c2ccccc2)c2ccc([18F])cc2)C1. The second kappa shape index (κ2) is 8.92. The van der Waals surface area contributed by atoms with Crippen molar-refractivity contribution in [3.8, 4) is 0 Å². The van der Waals surface area contributed by atoms with Crippen molar-refractivity contribution in [1.29, 1.82) is 0 Å². The van der Waals surface area contributed by atoms with Crippen molar-refractivity contribution in [3.05, 3.63) is 71.5 Å². The van der Waals surface area contributed by atoms with E-state index >= 15 is 0 Å². The summed E-state index contributed by atoms with van der Waals surface area (Å²) in [5.41, 5.74) is 1.92. The van der Waals surface area contributed by atoms with Gasteiger partial charge in [-0.3, -0.25) is 4.79 Å². The van der Waals surface area contributed by atoms with Crippen LogP contribution < -0.4 is 0 Å². The molecule has 2 aromatic rings. The van der Waals surface area contributed by atoms with Crippen LogP contribution in [0, 0.1) is 11.7 Å². The number of piperidine rings is 1. The maximum absolute atomic E-state index is 13.3. The zero-order valence-electron chi connectivity index (χ0n) is 14.7. The molecule has 0 aromatic heterocycles. The Morgan fingerprint density at radius 3 is 2.54 bits per heavy atom. The van der Waals surface area contributed by atoms with Gasteiger partial charge in [-0.25, -0.2) is 4.39 Å². The predicted molar refractivity (Wildman–Crippen MR) is 97.4 cm³/mol. The van der Waals surface area contributed by atoms with E-state index in [0.29, 0.717) is 19.7 Å². The minimum atomic E-state index is -0.718. The minimum absolute atomic E-state index is 0.267. The molecule has 0 amide bonds. The number of carbonyl (C=O) groups is 1. The molecule has 1 aliphatic heterocycles. The second-order valence-electron chi connectivity index (χ2n) is 6.69. The van der Waals surface area contributed by atoms with Gasteiger partial charge in [-0.15, -0.1) is 0 Å². The van der Waals surface area contributed by atoms with Crippen LogP contribution in [0.3, 0.4) is 0 Å². The summed E-state index contributed by atoms with van der Waals surface area (Å²) in [7, 11) is 0. The number of carboxylic acid groups (broad SMARTS) is 1. The number of ether oxygens (including phenoxy) is 1. The van der Waals surface area contributed by atoms with Crippen molar-refractivity contribution in [3.63, 3.8) is 0 Å². The lowest BCUT2D eigenvalue weighted by molar-refractivity contribution is -0.143. The molecule has 1 heterocycles. The van der Waals surface area contributed by atoms with Crippen molar-refractivity contribution >= 4 is 5.97 Å². The molecule has 0 radical (unpaired) electrons. The summed E-state index contributed by atoms with van der Waals surface area (Å²) in [6.07, 6.45) is 1.38. The van der Waals surface area contributed by atoms with Gasteiger partial charge in [0.2, 0.25) is 0 Å². The minimum Gasteiger partial charge on any atom is -0.481 e. The van der Waals surface area contributed by atoms with Gasteiger partial charge in [0.25, 0.3) is 0 Å². The molecule has 138 valence electrons. The fraction of sp³-hybridized carbons (Fsp3) is 0.381. The number of halogens is 1. The fourth-order valence-corrected chi connectivity index (χ4v) is 3.41. The summed E-state index contributed by atoms with van der Waals surface area (Å²) in [6.45, 7) is 2.66. The maximum atomic E-state index is 13.3. The normalized spacial score (nSPS) is 19.2. The number of benzene rings is 2. The largest absolute Gasteiger partial charge is 0.481 e. The molecule has 26 heavy (non-hydrogen) atoms. The van der Waals surface area contributed by atoms with E-state index in [1.807, 2.05) is 30.3 Å². The Kier molecular flexibility index (Phi) is 6.36. The van der Waals surface area contributed by atoms with Crippen molar-refractivity contribution in [2.24, 2.45) is 5.92 Å². The molecule has 0 spiro atoms. The van der Waals surface area contributed by atoms with Gasteiger partial charge >= 0.3 is 5.97 Å². The first kappa shape index (κ1) is 18.5. The third-order valence-corrected chi connectivity index (χ3v) is 4.82. The molecular formula is C21H24FNO3. The lowest BCUT2D eigenvalue weighted by atomic mass is 9.98. The molecule has 0 saturated carbocycles. The van der Waals surface area contributed by atoms with Crippen LogP contribution in [-0.4, -0.2) is 42.2 Å². The summed E-state index contributed by atoms with van der Waals surface area (Å²) in [5.74, 6) is -1.27. The van der Waals surface area contributed by atoms with Gasteiger partial charge in [0.05, 0.1) is 12.5 Å². The van der Waals surface area contributed by atoms with Crippen LogP contribution in [0.1, 0.15) is 30.1 Å². The second-order valence-corrected chi connectivity index (χ2v) is 6.69. The van der Waals surface area contributed by atoms with E-state index in [9.17, 15) is 14.3 Å². The highest BCUT2D eigenvalue weighted by atomic mass is 18.2. The standard InChI is InChI=1S/C21H24FNO3/c22-19-10-8-17(9-11-19)20(16-5-2-1-3-6-16)26-14-13-23-12-4-7-18(15-23)21(24)25/h1-3,5-6,8-11,18,20H,4,7,12-15H2,(H,24,25)/i22-1. The third-order valence-electron chi connectivity index (χ3n) is 4.82. The van der Waals surface area contributed by atoms with Gasteiger partial charge in [-0.05, 0) is 42.6 Å². The molecule has 0 aliphatic carbocycles. The van der Waals surface area contributed by atoms with Gasteiger partial charge in [0.1, 0.15) is 11.9 Å². The average molecular weight is 356 g/mol. The first-order chi connectivity index (χ1) is 12.6. The van der Waals surface area contributed by atoms with Gasteiger partial charge in [-0.1, -0.05) is 42.5 Å². The van der Waals surface area contributed by atoms with Crippen LogP contribution in [0.15, 0.2) is 54.6 Å². The van der Waals surface area contributed by atoms with Crippen LogP contribution in [0.4, 0.5) is 4.39 Å². The van der Waals surface area contributed by atoms with E-state index in [4.69, 9.17) is 4.74 Å². The average Bonchev–Trinajstić information content (AvgIpc) is 2.67. The Hall–Kier alpha value is -2.24. The zero-order chi connectivity index (χ0) is 18.4. The number of aliphatic carboxylic acids is 1. The van der Waals surface area contributed by atoms with E-state index in [0.717, 1.165) is 30.5 Å². The highest BCUT2D eigenvalue weighted by Gasteiger charge is 2.25. The Bertz CT molecular complexity index is 705. The molecular weight excluding hydrogens is 332 g/mol. The lowest BCUT2D eigenvalue weighted by Crippen LogP contribution is -2.40. The maximum Gasteiger partial charge on any atom is 0.307 e. The summed E-state index contributed by atoms with van der Waals surface area (Å²) in [6, 6.07) is 16.2. The molecule has 1 saturated heterocycles. The van der Waals surface area contributed by atoms with Crippen molar-refractivity contribution < 1.29 is 19.0 Å². The summed E-state index contributed by atoms with van der Waals surface area (Å²) < 4.78 is 19.4. The highest BCUT2D eigenvalue weighted by Crippen LogP contribution is 2.26. The first-order valence-electron chi connectivity index (χ1n) is 9.00. The van der Waals surface area contributed by atoms with E-state index in [-0.39, 0.29) is 17.8 Å². The fourth-order valence-electron chi connectivity index (χ4n) is 3.41. The third kappa shape index (κ3) is 4.90. The molecule has 4 nitrogen and oxygen atoms in total. The summed E-state index contributed by atoms with van der Waals surface area (Å²) in [4.78, 5) is 13.3. The number of hydrogen-bond acceptors (Lipinski definition) is 3. The van der Waals surface area contributed by atoms with E-state index in [2.05, 4.69) is 4.90 Å². The predicted octanol–water partition coefficient (Wildman–Crippen LogP) is 3.73. The Morgan fingerprint density at radius 2 is 1.85 bits per heavy atom. The zero-order valence-corrected chi connectivity index (χ0v) is 14.7. The monoisotopic (exact) mass is 356 g/mol. The smallest absolute Gasteiger partial charge is 0.307 e. The molecule has 1 fully saturated rings. The van der Waals surface area contributed by atoms with Crippen LogP contribution in [0.2, 0.25) is 0 Å². The Balaban J connectivity index is 1.63. The van der Waals surface area contributed by atoms with Gasteiger partial charge < -0.3 is 14.7 Å². The quantitative estimate of drug-likeness (QED) is 0.821. The van der Waals surface area contributed by atoms with Gasteiger partial charge in [0, 0.05) is 13.1 Å². The van der Waals surface area contributed by atoms with E-state index < -0.39 is 5.97 Å². The Labute approximate surface area is 153 Å². The van der Waals surface area contributed by atoms with Crippen LogP contribution in [0.5, 0.6) is 0 Å². The molecule has 2 aromatic carbocycles. The summed E-state index contributed by atoms with van der Waals surface area (Å²) >= 11 is 0. The lowest BCUT2D eigenvalue weighted by Gasteiger charge is -2.31. The number of nitrogens with zero attached hydrogens (tertiary/aromatic N) is 1. The molecule has 1 aliphatic rings. The number of rotatable bonds is 7. The molecule has 0 bridgehead atoms. The number of carboxylic acids is 1. The number of hydrogen-bond donors (Lipinski definition) is 1. The number of likely N-dealkylation sites (tertiary alicyclic amines) is 1. The molecule has 2 atom stereocenters. The molecule has 5 heteroatoms. The van der Waals surface area contributed by atoms with E-state index in [1.54, 1.807) is 12.1 Å². The Morgan fingerprint density at radius 1 is 1.15 bits per heavy atom. The summed E-state index contributed by atoms with van der Waals surface area (Å²) in [5, 5.41) is 9.20. The molecule has 3 rings (SSSR count). The van der Waals surface area contributed by atoms with Crippen molar-refractivity contribution in [2.75, 3.05) is 26.2 Å². The van der Waals surface area contributed by atoms with Crippen molar-refractivity contribution in [2.45, 2.75) is 18.9 Å². The van der Waals surface area contributed by atoms with Crippen LogP contribution in [0.25, 0.3) is 0 Å². The van der Waals surface area contributed by atoms with Gasteiger partial charge in [-0.2, -0.15) is 0 Å². The highest BCUT2D eigenvalue weighted by molar-refractivity contribution is 5.70. The molecule has 2 unspecified atom stereocenters. The topological polar surface area (TPSA) is 49.8 Å². The first-order valence-corrected chi connectivity index (χ1v) is 9.00.